The normalized spacial score (nSPS) is 18.7. The Balaban J connectivity index is 1.70. The number of hydrogen-bond acceptors (Lipinski definition) is 4. The van der Waals surface area contributed by atoms with Crippen LogP contribution in [-0.4, -0.2) is 38.3 Å². The first-order valence-electron chi connectivity index (χ1n) is 9.60. The van der Waals surface area contributed by atoms with Crippen molar-refractivity contribution >= 4 is 27.6 Å². The maximum absolute atomic E-state index is 12.5. The molecule has 0 radical (unpaired) electrons. The summed E-state index contributed by atoms with van der Waals surface area (Å²) in [5, 5.41) is 9.33. The first-order chi connectivity index (χ1) is 13.4. The summed E-state index contributed by atoms with van der Waals surface area (Å²) in [6, 6.07) is 13.4. The molecule has 0 bridgehead atoms. The summed E-state index contributed by atoms with van der Waals surface area (Å²) in [4.78, 5) is 14.0. The highest BCUT2D eigenvalue weighted by atomic mass is 32.2. The van der Waals surface area contributed by atoms with Crippen LogP contribution in [0.25, 0.3) is 17.2 Å². The molecule has 1 saturated heterocycles. The molecule has 0 aliphatic carbocycles. The van der Waals surface area contributed by atoms with Gasteiger partial charge in [0, 0.05) is 24.4 Å². The van der Waals surface area contributed by atoms with Gasteiger partial charge in [-0.3, -0.25) is 0 Å². The number of anilines is 1. The Morgan fingerprint density at radius 1 is 0.929 bits per heavy atom. The van der Waals surface area contributed by atoms with E-state index < -0.39 is 15.8 Å². The van der Waals surface area contributed by atoms with Crippen LogP contribution in [0.3, 0.4) is 0 Å². The molecule has 28 heavy (non-hydrogen) atoms. The lowest BCUT2D eigenvalue weighted by Gasteiger charge is -2.28. The fourth-order valence-electron chi connectivity index (χ4n) is 3.92. The molecule has 0 spiro atoms. The highest BCUT2D eigenvalue weighted by Gasteiger charge is 2.24. The maximum Gasteiger partial charge on any atom is 0.331 e. The lowest BCUT2D eigenvalue weighted by Crippen LogP contribution is -2.29. The minimum Gasteiger partial charge on any atom is -0.478 e. The maximum atomic E-state index is 12.5. The monoisotopic (exact) mass is 397 g/mol. The summed E-state index contributed by atoms with van der Waals surface area (Å²) in [5.41, 5.74) is 3.64. The molecule has 2 aromatic rings. The third-order valence-corrected chi connectivity index (χ3v) is 7.29. The van der Waals surface area contributed by atoms with E-state index in [4.69, 9.17) is 0 Å². The van der Waals surface area contributed by atoms with Crippen molar-refractivity contribution in [3.05, 3.63) is 53.6 Å². The molecule has 2 aliphatic heterocycles. The molecule has 2 aliphatic rings. The van der Waals surface area contributed by atoms with Crippen molar-refractivity contribution in [1.82, 2.24) is 0 Å². The number of rotatable bonds is 3. The molecule has 4 rings (SSSR count). The fourth-order valence-corrected chi connectivity index (χ4v) is 5.38. The average Bonchev–Trinajstić information content (AvgIpc) is 2.84. The van der Waals surface area contributed by atoms with Gasteiger partial charge in [0.15, 0.2) is 9.84 Å². The molecule has 1 N–H and O–H groups in total. The number of carboxylic acid groups (broad SMARTS) is 1. The number of fused-ring (bicyclic) bond motifs is 1. The van der Waals surface area contributed by atoms with Crippen LogP contribution in [0, 0.1) is 0 Å². The van der Waals surface area contributed by atoms with Gasteiger partial charge >= 0.3 is 5.97 Å². The minimum absolute atomic E-state index is 0.0201. The van der Waals surface area contributed by atoms with E-state index in [0.29, 0.717) is 5.56 Å². The highest BCUT2D eigenvalue weighted by molar-refractivity contribution is 7.91. The van der Waals surface area contributed by atoms with Crippen LogP contribution in [0.4, 0.5) is 5.69 Å². The largest absolute Gasteiger partial charge is 0.478 e. The van der Waals surface area contributed by atoms with Gasteiger partial charge in [0.05, 0.1) is 10.6 Å². The zero-order chi connectivity index (χ0) is 19.7. The Labute approximate surface area is 165 Å². The van der Waals surface area contributed by atoms with E-state index in [1.165, 1.54) is 31.0 Å². The Bertz CT molecular complexity index is 1030. The second kappa shape index (κ2) is 7.43. The third kappa shape index (κ3) is 3.69. The van der Waals surface area contributed by atoms with Crippen molar-refractivity contribution in [1.29, 1.82) is 0 Å². The number of piperidine rings is 1. The predicted octanol–water partition coefficient (Wildman–Crippen LogP) is 3.99. The number of carbonyl (C=O) groups is 1. The fraction of sp³-hybridized carbons (Fsp3) is 0.318. The van der Waals surface area contributed by atoms with Crippen LogP contribution in [-0.2, 0) is 14.6 Å². The molecule has 0 amide bonds. The highest BCUT2D eigenvalue weighted by Crippen LogP contribution is 2.32. The zero-order valence-corrected chi connectivity index (χ0v) is 16.4. The smallest absolute Gasteiger partial charge is 0.331 e. The van der Waals surface area contributed by atoms with Gasteiger partial charge in [-0.2, -0.15) is 0 Å². The first kappa shape index (κ1) is 18.7. The van der Waals surface area contributed by atoms with Crippen molar-refractivity contribution in [2.24, 2.45) is 0 Å². The molecule has 146 valence electrons. The number of aliphatic carboxylic acids is 1. The topological polar surface area (TPSA) is 74.7 Å². The number of sulfone groups is 1. The summed E-state index contributed by atoms with van der Waals surface area (Å²) >= 11 is 0. The molecular weight excluding hydrogens is 374 g/mol. The van der Waals surface area contributed by atoms with Gasteiger partial charge in [-0.15, -0.1) is 0 Å². The second-order valence-electron chi connectivity index (χ2n) is 7.39. The van der Waals surface area contributed by atoms with Crippen molar-refractivity contribution in [2.45, 2.75) is 30.6 Å². The molecule has 0 aromatic heterocycles. The van der Waals surface area contributed by atoms with E-state index in [1.54, 1.807) is 18.2 Å². The Hall–Kier alpha value is -2.60. The van der Waals surface area contributed by atoms with Crippen LogP contribution >= 0.6 is 0 Å². The van der Waals surface area contributed by atoms with E-state index in [9.17, 15) is 18.3 Å². The average molecular weight is 397 g/mol. The molecule has 1 fully saturated rings. The van der Waals surface area contributed by atoms with Crippen molar-refractivity contribution in [3.8, 4) is 11.1 Å². The third-order valence-electron chi connectivity index (χ3n) is 5.51. The zero-order valence-electron chi connectivity index (χ0n) is 15.6. The number of hydrogen-bond donors (Lipinski definition) is 1. The number of carboxylic acids is 1. The van der Waals surface area contributed by atoms with Gasteiger partial charge in [0.1, 0.15) is 0 Å². The minimum atomic E-state index is -3.49. The first-order valence-corrected chi connectivity index (χ1v) is 11.3. The molecule has 2 heterocycles. The van der Waals surface area contributed by atoms with Gasteiger partial charge in [0.2, 0.25) is 0 Å². The van der Waals surface area contributed by atoms with Gasteiger partial charge in [0.25, 0.3) is 0 Å². The summed E-state index contributed by atoms with van der Waals surface area (Å²) in [6.07, 6.45) is 5.25. The quantitative estimate of drug-likeness (QED) is 0.848. The van der Waals surface area contributed by atoms with E-state index in [0.717, 1.165) is 24.2 Å². The van der Waals surface area contributed by atoms with E-state index in [2.05, 4.69) is 17.0 Å². The molecule has 2 aromatic carbocycles. The van der Waals surface area contributed by atoms with E-state index in [1.807, 2.05) is 12.1 Å². The lowest BCUT2D eigenvalue weighted by molar-refractivity contribution is -0.132. The van der Waals surface area contributed by atoms with Gasteiger partial charge in [-0.1, -0.05) is 18.2 Å². The van der Waals surface area contributed by atoms with E-state index in [-0.39, 0.29) is 22.6 Å². The molecule has 0 saturated carbocycles. The molecule has 0 unspecified atom stereocenters. The molecule has 5 nitrogen and oxygen atoms in total. The van der Waals surface area contributed by atoms with Gasteiger partial charge < -0.3 is 10.0 Å². The molecule has 6 heteroatoms. The van der Waals surface area contributed by atoms with Crippen LogP contribution < -0.4 is 4.90 Å². The second-order valence-corrected chi connectivity index (χ2v) is 9.47. The summed E-state index contributed by atoms with van der Waals surface area (Å²) < 4.78 is 25.0. The van der Waals surface area contributed by atoms with Crippen LogP contribution in [0.2, 0.25) is 0 Å². The molecule has 0 atom stereocenters. The summed E-state index contributed by atoms with van der Waals surface area (Å²) in [6.45, 7) is 2.16. The Morgan fingerprint density at radius 2 is 1.61 bits per heavy atom. The standard InChI is InChI=1S/C22H23NO4S/c24-22(25)18-10-13-28(26,27)21-9-6-17(14-19(21)15-18)16-4-7-20(8-5-16)23-11-2-1-3-12-23/h4-9,14-15H,1-3,10-13H2,(H,24,25). The van der Waals surface area contributed by atoms with Crippen molar-refractivity contribution in [2.75, 3.05) is 23.7 Å². The Morgan fingerprint density at radius 3 is 2.29 bits per heavy atom. The van der Waals surface area contributed by atoms with Crippen LogP contribution in [0.1, 0.15) is 31.2 Å². The summed E-state index contributed by atoms with van der Waals surface area (Å²) in [5.74, 6) is -1.25. The van der Waals surface area contributed by atoms with Crippen LogP contribution in [0.5, 0.6) is 0 Å². The summed E-state index contributed by atoms with van der Waals surface area (Å²) in [7, 11) is -3.49. The van der Waals surface area contributed by atoms with Crippen molar-refractivity contribution < 1.29 is 18.3 Å². The van der Waals surface area contributed by atoms with Crippen LogP contribution in [0.15, 0.2) is 52.9 Å². The lowest BCUT2D eigenvalue weighted by atomic mass is 10.0. The predicted molar refractivity (Wildman–Crippen MR) is 110 cm³/mol. The Kier molecular flexibility index (Phi) is 4.98. The van der Waals surface area contributed by atoms with E-state index >= 15 is 0 Å². The van der Waals surface area contributed by atoms with Gasteiger partial charge in [-0.25, -0.2) is 13.2 Å². The van der Waals surface area contributed by atoms with Crippen molar-refractivity contribution in [3.63, 3.8) is 0 Å². The SMILES string of the molecule is O=C(O)C1=Cc2cc(-c3ccc(N4CCCCC4)cc3)ccc2S(=O)(=O)CC1. The number of nitrogens with zero attached hydrogens (tertiary/aromatic N) is 1. The number of benzene rings is 2. The molecular formula is C22H23NO4S. The van der Waals surface area contributed by atoms with Gasteiger partial charge in [-0.05, 0) is 72.7 Å².